The highest BCUT2D eigenvalue weighted by molar-refractivity contribution is 7.99. The van der Waals surface area contributed by atoms with E-state index in [9.17, 15) is 4.79 Å². The van der Waals surface area contributed by atoms with Crippen LogP contribution >= 0.6 is 11.8 Å². The number of hydrogen-bond donors (Lipinski definition) is 0. The Morgan fingerprint density at radius 1 is 1.05 bits per heavy atom. The SMILES string of the molecule is Cn1nnnc1SCC(=O)c1ccc(-c2ccccc2)cc1. The van der Waals surface area contributed by atoms with Gasteiger partial charge in [-0.15, -0.1) is 5.10 Å². The fraction of sp³-hybridized carbons (Fsp3) is 0.125. The second-order valence-corrected chi connectivity index (χ2v) is 5.68. The second kappa shape index (κ2) is 6.53. The predicted molar refractivity (Wildman–Crippen MR) is 85.7 cm³/mol. The van der Waals surface area contributed by atoms with Crippen molar-refractivity contribution in [1.29, 1.82) is 0 Å². The van der Waals surface area contributed by atoms with Gasteiger partial charge in [-0.25, -0.2) is 4.68 Å². The molecule has 0 saturated heterocycles. The number of carbonyl (C=O) groups excluding carboxylic acids is 1. The number of tetrazole rings is 1. The van der Waals surface area contributed by atoms with Crippen LogP contribution in [-0.2, 0) is 7.05 Å². The number of aromatic nitrogens is 4. The molecule has 0 saturated carbocycles. The molecule has 2 aromatic carbocycles. The fourth-order valence-corrected chi connectivity index (χ4v) is 2.78. The van der Waals surface area contributed by atoms with E-state index >= 15 is 0 Å². The topological polar surface area (TPSA) is 60.7 Å². The third-order valence-corrected chi connectivity index (χ3v) is 4.24. The molecule has 0 bridgehead atoms. The molecular weight excluding hydrogens is 296 g/mol. The van der Waals surface area contributed by atoms with Crippen LogP contribution in [0.1, 0.15) is 10.4 Å². The molecule has 0 spiro atoms. The molecule has 0 radical (unpaired) electrons. The average Bonchev–Trinajstić information content (AvgIpc) is 2.99. The van der Waals surface area contributed by atoms with E-state index in [0.717, 1.165) is 11.1 Å². The number of aryl methyl sites for hydroxylation is 1. The van der Waals surface area contributed by atoms with Crippen LogP contribution in [0.4, 0.5) is 0 Å². The smallest absolute Gasteiger partial charge is 0.209 e. The van der Waals surface area contributed by atoms with Crippen LogP contribution in [0, 0.1) is 0 Å². The maximum Gasteiger partial charge on any atom is 0.209 e. The van der Waals surface area contributed by atoms with Gasteiger partial charge in [0.2, 0.25) is 5.16 Å². The zero-order chi connectivity index (χ0) is 15.4. The van der Waals surface area contributed by atoms with Gasteiger partial charge in [-0.2, -0.15) is 0 Å². The van der Waals surface area contributed by atoms with Gasteiger partial charge < -0.3 is 0 Å². The van der Waals surface area contributed by atoms with Gasteiger partial charge in [0.25, 0.3) is 0 Å². The Hall–Kier alpha value is -2.47. The van der Waals surface area contributed by atoms with E-state index in [4.69, 9.17) is 0 Å². The lowest BCUT2D eigenvalue weighted by Gasteiger charge is -2.04. The van der Waals surface area contributed by atoms with Gasteiger partial charge in [0.05, 0.1) is 5.75 Å². The molecule has 22 heavy (non-hydrogen) atoms. The van der Waals surface area contributed by atoms with E-state index in [1.807, 2.05) is 54.6 Å². The van der Waals surface area contributed by atoms with Crippen LogP contribution in [0.3, 0.4) is 0 Å². The summed E-state index contributed by atoms with van der Waals surface area (Å²) < 4.78 is 1.55. The van der Waals surface area contributed by atoms with Crippen molar-refractivity contribution in [3.8, 4) is 11.1 Å². The average molecular weight is 310 g/mol. The minimum Gasteiger partial charge on any atom is -0.293 e. The first-order valence-electron chi connectivity index (χ1n) is 6.78. The lowest BCUT2D eigenvalue weighted by molar-refractivity contribution is 0.102. The molecule has 0 atom stereocenters. The number of carbonyl (C=O) groups is 1. The molecule has 1 heterocycles. The number of Topliss-reactive ketones (excluding diaryl/α,β-unsaturated/α-hetero) is 1. The summed E-state index contributed by atoms with van der Waals surface area (Å²) in [7, 11) is 1.75. The lowest BCUT2D eigenvalue weighted by atomic mass is 10.0. The molecule has 110 valence electrons. The molecule has 6 heteroatoms. The number of hydrogen-bond acceptors (Lipinski definition) is 5. The first kappa shape index (κ1) is 14.5. The highest BCUT2D eigenvalue weighted by Crippen LogP contribution is 2.20. The lowest BCUT2D eigenvalue weighted by Crippen LogP contribution is -2.03. The third-order valence-electron chi connectivity index (χ3n) is 3.23. The number of ketones is 1. The first-order valence-corrected chi connectivity index (χ1v) is 7.76. The van der Waals surface area contributed by atoms with E-state index in [1.54, 1.807) is 11.7 Å². The summed E-state index contributed by atoms with van der Waals surface area (Å²) in [6.45, 7) is 0. The van der Waals surface area contributed by atoms with E-state index < -0.39 is 0 Å². The van der Waals surface area contributed by atoms with Crippen molar-refractivity contribution in [1.82, 2.24) is 20.2 Å². The number of thioether (sulfide) groups is 1. The summed E-state index contributed by atoms with van der Waals surface area (Å²) in [5, 5.41) is 11.8. The Balaban J connectivity index is 1.67. The van der Waals surface area contributed by atoms with E-state index in [-0.39, 0.29) is 5.78 Å². The van der Waals surface area contributed by atoms with E-state index in [2.05, 4.69) is 15.5 Å². The molecule has 1 aromatic heterocycles. The van der Waals surface area contributed by atoms with Crippen molar-refractivity contribution >= 4 is 17.5 Å². The predicted octanol–water partition coefficient (Wildman–Crippen LogP) is 2.85. The maximum atomic E-state index is 12.2. The molecule has 0 aliphatic heterocycles. The van der Waals surface area contributed by atoms with Crippen molar-refractivity contribution in [3.63, 3.8) is 0 Å². The van der Waals surface area contributed by atoms with Crippen LogP contribution < -0.4 is 0 Å². The van der Waals surface area contributed by atoms with E-state index in [1.165, 1.54) is 11.8 Å². The molecule has 0 aliphatic rings. The highest BCUT2D eigenvalue weighted by atomic mass is 32.2. The fourth-order valence-electron chi connectivity index (χ4n) is 2.04. The second-order valence-electron chi connectivity index (χ2n) is 4.74. The van der Waals surface area contributed by atoms with Gasteiger partial charge >= 0.3 is 0 Å². The number of benzene rings is 2. The van der Waals surface area contributed by atoms with E-state index in [0.29, 0.717) is 16.5 Å². The van der Waals surface area contributed by atoms with Gasteiger partial charge in [0.15, 0.2) is 5.78 Å². The Morgan fingerprint density at radius 3 is 2.36 bits per heavy atom. The molecule has 5 nitrogen and oxygen atoms in total. The standard InChI is InChI=1S/C16H14N4OS/c1-20-16(17-18-19-20)22-11-15(21)14-9-7-13(8-10-14)12-5-3-2-4-6-12/h2-10H,11H2,1H3. The van der Waals surface area contributed by atoms with Crippen molar-refractivity contribution in [2.45, 2.75) is 5.16 Å². The summed E-state index contributed by atoms with van der Waals surface area (Å²) in [6.07, 6.45) is 0. The highest BCUT2D eigenvalue weighted by Gasteiger charge is 2.10. The normalized spacial score (nSPS) is 10.6. The quantitative estimate of drug-likeness (QED) is 0.536. The molecule has 0 fully saturated rings. The Kier molecular flexibility index (Phi) is 4.29. The van der Waals surface area contributed by atoms with Gasteiger partial charge in [0.1, 0.15) is 0 Å². The van der Waals surface area contributed by atoms with Crippen LogP contribution in [0.2, 0.25) is 0 Å². The monoisotopic (exact) mass is 310 g/mol. The molecule has 0 N–H and O–H groups in total. The van der Waals surface area contributed by atoms with Crippen molar-refractivity contribution < 1.29 is 4.79 Å². The van der Waals surface area contributed by atoms with Crippen molar-refractivity contribution in [2.24, 2.45) is 7.05 Å². The minimum atomic E-state index is 0.0626. The summed E-state index contributed by atoms with van der Waals surface area (Å²) >= 11 is 1.33. The third kappa shape index (κ3) is 3.23. The molecule has 3 rings (SSSR count). The molecule has 0 aliphatic carbocycles. The van der Waals surface area contributed by atoms with Crippen LogP contribution in [-0.4, -0.2) is 31.7 Å². The molecule has 3 aromatic rings. The molecular formula is C16H14N4OS. The Labute approximate surface area is 132 Å². The minimum absolute atomic E-state index is 0.0626. The van der Waals surface area contributed by atoms with Crippen LogP contribution in [0.15, 0.2) is 59.8 Å². The zero-order valence-corrected chi connectivity index (χ0v) is 12.8. The molecule has 0 amide bonds. The summed E-state index contributed by atoms with van der Waals surface area (Å²) in [5.41, 5.74) is 2.94. The maximum absolute atomic E-state index is 12.2. The first-order chi connectivity index (χ1) is 10.7. The van der Waals surface area contributed by atoms with Crippen molar-refractivity contribution in [2.75, 3.05) is 5.75 Å². The van der Waals surface area contributed by atoms with Gasteiger partial charge in [-0.05, 0) is 21.6 Å². The summed E-state index contributed by atoms with van der Waals surface area (Å²) in [4.78, 5) is 12.2. The number of nitrogens with zero attached hydrogens (tertiary/aromatic N) is 4. The van der Waals surface area contributed by atoms with Crippen LogP contribution in [0.25, 0.3) is 11.1 Å². The largest absolute Gasteiger partial charge is 0.293 e. The Bertz CT molecular complexity index is 768. The van der Waals surface area contributed by atoms with Gasteiger partial charge in [-0.3, -0.25) is 4.79 Å². The zero-order valence-electron chi connectivity index (χ0n) is 12.0. The number of rotatable bonds is 5. The Morgan fingerprint density at radius 2 is 1.73 bits per heavy atom. The summed E-state index contributed by atoms with van der Waals surface area (Å²) in [5.74, 6) is 0.381. The summed E-state index contributed by atoms with van der Waals surface area (Å²) in [6, 6.07) is 17.7. The van der Waals surface area contributed by atoms with Gasteiger partial charge in [0, 0.05) is 12.6 Å². The van der Waals surface area contributed by atoms with Crippen LogP contribution in [0.5, 0.6) is 0 Å². The van der Waals surface area contributed by atoms with Gasteiger partial charge in [-0.1, -0.05) is 66.4 Å². The molecule has 0 unspecified atom stereocenters. The van der Waals surface area contributed by atoms with Crippen molar-refractivity contribution in [3.05, 3.63) is 60.2 Å².